The lowest BCUT2D eigenvalue weighted by atomic mass is 10.1. The fraction of sp³-hybridized carbons (Fsp3) is 0.261. The van der Waals surface area contributed by atoms with Gasteiger partial charge in [-0.15, -0.1) is 0 Å². The average molecular weight is 481 g/mol. The standard InChI is InChI=1S/C23H20Cl2F2N2O3/c24-16-4-6-20(18(25)12-16)31-14-17-5-7-21(32-17)23(30)29-10-8-28(9-11-29)13-15-2-1-3-19(26)22(15)27/h1-7,12H,8-11,13-14H2. The number of hydrogen-bond acceptors (Lipinski definition) is 4. The number of nitrogens with zero attached hydrogens (tertiary/aromatic N) is 2. The van der Waals surface area contributed by atoms with E-state index in [1.165, 1.54) is 6.07 Å². The second-order valence-electron chi connectivity index (χ2n) is 7.41. The maximum Gasteiger partial charge on any atom is 0.289 e. The van der Waals surface area contributed by atoms with Crippen molar-refractivity contribution in [3.05, 3.63) is 87.3 Å². The second kappa shape index (κ2) is 9.90. The van der Waals surface area contributed by atoms with Gasteiger partial charge in [-0.25, -0.2) is 8.78 Å². The molecule has 2 heterocycles. The van der Waals surface area contributed by atoms with Crippen molar-refractivity contribution < 1.29 is 22.7 Å². The van der Waals surface area contributed by atoms with Crippen LogP contribution in [0.25, 0.3) is 0 Å². The van der Waals surface area contributed by atoms with E-state index in [1.54, 1.807) is 41.3 Å². The first-order chi connectivity index (χ1) is 15.4. The van der Waals surface area contributed by atoms with Gasteiger partial charge in [0.05, 0.1) is 5.02 Å². The number of rotatable bonds is 6. The molecule has 32 heavy (non-hydrogen) atoms. The van der Waals surface area contributed by atoms with E-state index in [0.29, 0.717) is 59.8 Å². The highest BCUT2D eigenvalue weighted by molar-refractivity contribution is 6.35. The van der Waals surface area contributed by atoms with Crippen LogP contribution in [-0.2, 0) is 13.2 Å². The molecule has 0 atom stereocenters. The van der Waals surface area contributed by atoms with Gasteiger partial charge in [0.25, 0.3) is 5.91 Å². The first-order valence-electron chi connectivity index (χ1n) is 10.0. The van der Waals surface area contributed by atoms with Crippen LogP contribution in [0.3, 0.4) is 0 Å². The zero-order valence-electron chi connectivity index (χ0n) is 17.0. The van der Waals surface area contributed by atoms with Crippen LogP contribution < -0.4 is 4.74 Å². The van der Waals surface area contributed by atoms with Crippen molar-refractivity contribution >= 4 is 29.1 Å². The van der Waals surface area contributed by atoms with E-state index in [4.69, 9.17) is 32.4 Å². The summed E-state index contributed by atoms with van der Waals surface area (Å²) in [6.45, 7) is 2.43. The zero-order valence-corrected chi connectivity index (χ0v) is 18.5. The average Bonchev–Trinajstić information content (AvgIpc) is 3.25. The van der Waals surface area contributed by atoms with Crippen LogP contribution in [0, 0.1) is 11.6 Å². The van der Waals surface area contributed by atoms with E-state index in [1.807, 2.05) is 4.90 Å². The molecular formula is C23H20Cl2F2N2O3. The minimum Gasteiger partial charge on any atom is -0.484 e. The molecular weight excluding hydrogens is 461 g/mol. The molecule has 0 saturated carbocycles. The molecule has 1 fully saturated rings. The van der Waals surface area contributed by atoms with Gasteiger partial charge in [-0.05, 0) is 36.4 Å². The van der Waals surface area contributed by atoms with Crippen LogP contribution >= 0.6 is 23.2 Å². The maximum atomic E-state index is 13.9. The van der Waals surface area contributed by atoms with E-state index < -0.39 is 11.6 Å². The molecule has 1 amide bonds. The van der Waals surface area contributed by atoms with Gasteiger partial charge >= 0.3 is 0 Å². The summed E-state index contributed by atoms with van der Waals surface area (Å²) in [6.07, 6.45) is 0. The number of carbonyl (C=O) groups is 1. The maximum absolute atomic E-state index is 13.9. The summed E-state index contributed by atoms with van der Waals surface area (Å²) in [5, 5.41) is 0.894. The molecule has 168 valence electrons. The number of ether oxygens (including phenoxy) is 1. The minimum atomic E-state index is -0.854. The molecule has 0 radical (unpaired) electrons. The Morgan fingerprint density at radius 2 is 1.81 bits per heavy atom. The third-order valence-electron chi connectivity index (χ3n) is 5.22. The van der Waals surface area contributed by atoms with Gasteiger partial charge < -0.3 is 14.1 Å². The molecule has 2 aromatic carbocycles. The number of piperazine rings is 1. The lowest BCUT2D eigenvalue weighted by Gasteiger charge is -2.34. The number of amides is 1. The van der Waals surface area contributed by atoms with E-state index in [0.717, 1.165) is 6.07 Å². The number of benzene rings is 2. The van der Waals surface area contributed by atoms with E-state index in [-0.39, 0.29) is 18.3 Å². The van der Waals surface area contributed by atoms with Gasteiger partial charge in [-0.2, -0.15) is 0 Å². The summed E-state index contributed by atoms with van der Waals surface area (Å²) < 4.78 is 38.6. The fourth-order valence-electron chi connectivity index (χ4n) is 3.49. The molecule has 9 heteroatoms. The van der Waals surface area contributed by atoms with Crippen molar-refractivity contribution in [3.8, 4) is 5.75 Å². The number of hydrogen-bond donors (Lipinski definition) is 0. The van der Waals surface area contributed by atoms with Crippen LogP contribution in [0.5, 0.6) is 5.75 Å². The minimum absolute atomic E-state index is 0.113. The summed E-state index contributed by atoms with van der Waals surface area (Å²) in [5.74, 6) is -0.734. The molecule has 4 rings (SSSR count). The van der Waals surface area contributed by atoms with Gasteiger partial charge in [-0.3, -0.25) is 9.69 Å². The SMILES string of the molecule is O=C(c1ccc(COc2ccc(Cl)cc2Cl)o1)N1CCN(Cc2cccc(F)c2F)CC1. The van der Waals surface area contributed by atoms with Crippen LogP contribution in [0.1, 0.15) is 21.9 Å². The van der Waals surface area contributed by atoms with Gasteiger partial charge in [0.2, 0.25) is 0 Å². The Hall–Kier alpha value is -2.61. The van der Waals surface area contributed by atoms with Gasteiger partial charge in [0.1, 0.15) is 18.1 Å². The predicted molar refractivity (Wildman–Crippen MR) is 117 cm³/mol. The summed E-state index contributed by atoms with van der Waals surface area (Å²) in [7, 11) is 0. The Morgan fingerprint density at radius 1 is 1.03 bits per heavy atom. The van der Waals surface area contributed by atoms with E-state index >= 15 is 0 Å². The molecule has 0 bridgehead atoms. The molecule has 3 aromatic rings. The number of carbonyl (C=O) groups excluding carboxylic acids is 1. The topological polar surface area (TPSA) is 45.9 Å². The molecule has 0 N–H and O–H groups in total. The summed E-state index contributed by atoms with van der Waals surface area (Å²) in [5.41, 5.74) is 0.307. The highest BCUT2D eigenvalue weighted by Gasteiger charge is 2.25. The molecule has 1 aliphatic heterocycles. The Kier molecular flexibility index (Phi) is 6.98. The van der Waals surface area contributed by atoms with Crippen LogP contribution in [0.15, 0.2) is 52.9 Å². The van der Waals surface area contributed by atoms with Crippen LogP contribution in [0.4, 0.5) is 8.78 Å². The number of halogens is 4. The van der Waals surface area contributed by atoms with E-state index in [9.17, 15) is 13.6 Å². The summed E-state index contributed by atoms with van der Waals surface area (Å²) in [4.78, 5) is 16.4. The Bertz CT molecular complexity index is 1110. The molecule has 1 aromatic heterocycles. The molecule has 1 aliphatic rings. The predicted octanol–water partition coefficient (Wildman–Crippen LogP) is 5.40. The van der Waals surface area contributed by atoms with Crippen molar-refractivity contribution in [1.82, 2.24) is 9.80 Å². The lowest BCUT2D eigenvalue weighted by molar-refractivity contribution is 0.0592. The molecule has 0 unspecified atom stereocenters. The smallest absolute Gasteiger partial charge is 0.289 e. The monoisotopic (exact) mass is 480 g/mol. The van der Waals surface area contributed by atoms with Crippen molar-refractivity contribution in [3.63, 3.8) is 0 Å². The number of furan rings is 1. The first-order valence-corrected chi connectivity index (χ1v) is 10.8. The second-order valence-corrected chi connectivity index (χ2v) is 8.25. The van der Waals surface area contributed by atoms with Crippen molar-refractivity contribution in [1.29, 1.82) is 0 Å². The highest BCUT2D eigenvalue weighted by atomic mass is 35.5. The molecule has 0 spiro atoms. The lowest BCUT2D eigenvalue weighted by Crippen LogP contribution is -2.48. The third kappa shape index (κ3) is 5.23. The summed E-state index contributed by atoms with van der Waals surface area (Å²) in [6, 6.07) is 12.4. The van der Waals surface area contributed by atoms with Crippen molar-refractivity contribution in [2.24, 2.45) is 0 Å². The largest absolute Gasteiger partial charge is 0.484 e. The fourth-order valence-corrected chi connectivity index (χ4v) is 3.95. The summed E-state index contributed by atoms with van der Waals surface area (Å²) >= 11 is 12.0. The van der Waals surface area contributed by atoms with Crippen molar-refractivity contribution in [2.75, 3.05) is 26.2 Å². The molecule has 0 aliphatic carbocycles. The Labute approximate surface area is 194 Å². The van der Waals surface area contributed by atoms with Gasteiger partial charge in [0.15, 0.2) is 17.4 Å². The Balaban J connectivity index is 1.30. The normalized spacial score (nSPS) is 14.6. The molecule has 1 saturated heterocycles. The quantitative estimate of drug-likeness (QED) is 0.473. The molecule has 5 nitrogen and oxygen atoms in total. The van der Waals surface area contributed by atoms with Crippen LogP contribution in [-0.4, -0.2) is 41.9 Å². The van der Waals surface area contributed by atoms with Gasteiger partial charge in [0, 0.05) is 43.3 Å². The first kappa shape index (κ1) is 22.6. The Morgan fingerprint density at radius 3 is 2.56 bits per heavy atom. The van der Waals surface area contributed by atoms with Gasteiger partial charge in [-0.1, -0.05) is 35.3 Å². The van der Waals surface area contributed by atoms with Crippen LogP contribution in [0.2, 0.25) is 10.0 Å². The van der Waals surface area contributed by atoms with E-state index in [2.05, 4.69) is 0 Å². The zero-order chi connectivity index (χ0) is 22.7. The highest BCUT2D eigenvalue weighted by Crippen LogP contribution is 2.28. The van der Waals surface area contributed by atoms with Crippen molar-refractivity contribution in [2.45, 2.75) is 13.2 Å². The third-order valence-corrected chi connectivity index (χ3v) is 5.75.